The van der Waals surface area contributed by atoms with E-state index >= 15 is 0 Å². The third-order valence-corrected chi connectivity index (χ3v) is 3.79. The summed E-state index contributed by atoms with van der Waals surface area (Å²) in [6, 6.07) is 10.5. The lowest BCUT2D eigenvalue weighted by atomic mass is 10.1. The number of rotatable bonds is 4. The summed E-state index contributed by atoms with van der Waals surface area (Å²) in [7, 11) is 1.69. The van der Waals surface area contributed by atoms with Crippen LogP contribution in [-0.2, 0) is 20.0 Å². The number of aromatic nitrogens is 2. The standard InChI is InChI=1S/C17H17N3O3/c1-3-11-8-12(23-19-11)10-18-17(22)14-9-16(21)20(2)15-7-5-4-6-13(14)15/h4-9H,3,10H2,1-2H3,(H,18,22). The molecule has 0 radical (unpaired) electrons. The summed E-state index contributed by atoms with van der Waals surface area (Å²) >= 11 is 0. The summed E-state index contributed by atoms with van der Waals surface area (Å²) in [5, 5.41) is 7.39. The minimum atomic E-state index is -0.312. The van der Waals surface area contributed by atoms with Crippen molar-refractivity contribution in [3.8, 4) is 0 Å². The molecule has 1 N–H and O–H groups in total. The van der Waals surface area contributed by atoms with Crippen molar-refractivity contribution in [3.05, 3.63) is 63.8 Å². The Labute approximate surface area is 132 Å². The predicted molar refractivity (Wildman–Crippen MR) is 86.2 cm³/mol. The second kappa shape index (κ2) is 6.08. The van der Waals surface area contributed by atoms with E-state index < -0.39 is 0 Å². The zero-order valence-corrected chi connectivity index (χ0v) is 13.0. The Kier molecular flexibility index (Phi) is 3.97. The quantitative estimate of drug-likeness (QED) is 0.799. The molecule has 0 bridgehead atoms. The molecule has 0 saturated carbocycles. The number of pyridine rings is 1. The van der Waals surface area contributed by atoms with Gasteiger partial charge >= 0.3 is 0 Å². The van der Waals surface area contributed by atoms with Gasteiger partial charge < -0.3 is 14.4 Å². The molecule has 2 aromatic heterocycles. The molecule has 2 heterocycles. The largest absolute Gasteiger partial charge is 0.359 e. The molecule has 0 aliphatic rings. The van der Waals surface area contributed by atoms with E-state index in [1.54, 1.807) is 7.05 Å². The second-order valence-corrected chi connectivity index (χ2v) is 5.29. The molecule has 0 fully saturated rings. The number of amides is 1. The zero-order valence-electron chi connectivity index (χ0n) is 13.0. The number of hydrogen-bond donors (Lipinski definition) is 1. The molecular formula is C17H17N3O3. The van der Waals surface area contributed by atoms with Gasteiger partial charge in [0.15, 0.2) is 5.76 Å². The van der Waals surface area contributed by atoms with Crippen molar-refractivity contribution < 1.29 is 9.32 Å². The highest BCUT2D eigenvalue weighted by Gasteiger charge is 2.14. The number of nitrogens with one attached hydrogen (secondary N) is 1. The van der Waals surface area contributed by atoms with Gasteiger partial charge in [-0.3, -0.25) is 9.59 Å². The third-order valence-electron chi connectivity index (χ3n) is 3.79. The van der Waals surface area contributed by atoms with E-state index in [4.69, 9.17) is 4.52 Å². The number of aryl methyl sites for hydroxylation is 2. The fourth-order valence-electron chi connectivity index (χ4n) is 2.47. The maximum absolute atomic E-state index is 12.5. The topological polar surface area (TPSA) is 77.1 Å². The molecule has 6 heteroatoms. The van der Waals surface area contributed by atoms with Gasteiger partial charge in [-0.1, -0.05) is 30.3 Å². The molecule has 23 heavy (non-hydrogen) atoms. The van der Waals surface area contributed by atoms with Crippen LogP contribution in [0.5, 0.6) is 0 Å². The number of carbonyl (C=O) groups is 1. The van der Waals surface area contributed by atoms with Gasteiger partial charge in [0.05, 0.1) is 23.3 Å². The van der Waals surface area contributed by atoms with Crippen LogP contribution in [0.1, 0.15) is 28.7 Å². The van der Waals surface area contributed by atoms with E-state index in [0.717, 1.165) is 23.0 Å². The summed E-state index contributed by atoms with van der Waals surface area (Å²) in [5.41, 5.74) is 1.70. The Balaban J connectivity index is 1.89. The summed E-state index contributed by atoms with van der Waals surface area (Å²) in [4.78, 5) is 24.5. The van der Waals surface area contributed by atoms with Gasteiger partial charge in [-0.05, 0) is 12.5 Å². The predicted octanol–water partition coefficient (Wildman–Crippen LogP) is 2.02. The molecule has 6 nitrogen and oxygen atoms in total. The SMILES string of the molecule is CCc1cc(CNC(=O)c2cc(=O)n(C)c3ccccc23)on1. The van der Waals surface area contributed by atoms with Gasteiger partial charge in [0, 0.05) is 24.6 Å². The Bertz CT molecular complexity index is 924. The number of hydrogen-bond acceptors (Lipinski definition) is 4. The average molecular weight is 311 g/mol. The highest BCUT2D eigenvalue weighted by atomic mass is 16.5. The summed E-state index contributed by atoms with van der Waals surface area (Å²) in [6.07, 6.45) is 0.775. The molecule has 0 spiro atoms. The van der Waals surface area contributed by atoms with E-state index in [0.29, 0.717) is 11.3 Å². The van der Waals surface area contributed by atoms with Crippen LogP contribution in [0.25, 0.3) is 10.9 Å². The number of nitrogens with zero attached hydrogens (tertiary/aromatic N) is 2. The van der Waals surface area contributed by atoms with Crippen LogP contribution in [0.4, 0.5) is 0 Å². The maximum Gasteiger partial charge on any atom is 0.252 e. The number of carbonyl (C=O) groups excluding carboxylic acids is 1. The van der Waals surface area contributed by atoms with Gasteiger partial charge in [-0.15, -0.1) is 0 Å². The van der Waals surface area contributed by atoms with Gasteiger partial charge in [-0.25, -0.2) is 0 Å². The van der Waals surface area contributed by atoms with Crippen molar-refractivity contribution in [1.29, 1.82) is 0 Å². The smallest absolute Gasteiger partial charge is 0.252 e. The molecule has 1 aromatic carbocycles. The molecule has 3 aromatic rings. The summed E-state index contributed by atoms with van der Waals surface area (Å²) in [6.45, 7) is 2.21. The van der Waals surface area contributed by atoms with Crippen LogP contribution in [0.2, 0.25) is 0 Å². The van der Waals surface area contributed by atoms with Crippen molar-refractivity contribution in [2.75, 3.05) is 0 Å². The molecule has 0 atom stereocenters. The van der Waals surface area contributed by atoms with Crippen molar-refractivity contribution in [1.82, 2.24) is 15.0 Å². The number of benzene rings is 1. The van der Waals surface area contributed by atoms with Crippen LogP contribution in [0, 0.1) is 0 Å². The minimum Gasteiger partial charge on any atom is -0.359 e. The van der Waals surface area contributed by atoms with Crippen LogP contribution >= 0.6 is 0 Å². The van der Waals surface area contributed by atoms with E-state index in [9.17, 15) is 9.59 Å². The van der Waals surface area contributed by atoms with Gasteiger partial charge in [-0.2, -0.15) is 0 Å². The highest BCUT2D eigenvalue weighted by molar-refractivity contribution is 6.06. The van der Waals surface area contributed by atoms with Crippen molar-refractivity contribution in [2.45, 2.75) is 19.9 Å². The molecule has 3 rings (SSSR count). The fraction of sp³-hybridized carbons (Fsp3) is 0.235. The first-order valence-electron chi connectivity index (χ1n) is 7.41. The summed E-state index contributed by atoms with van der Waals surface area (Å²) in [5.74, 6) is 0.275. The highest BCUT2D eigenvalue weighted by Crippen LogP contribution is 2.16. The van der Waals surface area contributed by atoms with Crippen LogP contribution in [0.3, 0.4) is 0 Å². The first-order valence-corrected chi connectivity index (χ1v) is 7.41. The van der Waals surface area contributed by atoms with Gasteiger partial charge in [0.25, 0.3) is 11.5 Å². The zero-order chi connectivity index (χ0) is 16.4. The van der Waals surface area contributed by atoms with Crippen LogP contribution < -0.4 is 10.9 Å². The molecule has 0 aliphatic heterocycles. The minimum absolute atomic E-state index is 0.221. The normalized spacial score (nSPS) is 10.9. The van der Waals surface area contributed by atoms with Gasteiger partial charge in [0.2, 0.25) is 0 Å². The Hall–Kier alpha value is -2.89. The lowest BCUT2D eigenvalue weighted by Crippen LogP contribution is -2.26. The van der Waals surface area contributed by atoms with Crippen LogP contribution in [0.15, 0.2) is 45.7 Å². The lowest BCUT2D eigenvalue weighted by Gasteiger charge is -2.09. The first kappa shape index (κ1) is 15.0. The Morgan fingerprint density at radius 3 is 2.83 bits per heavy atom. The number of fused-ring (bicyclic) bond motifs is 1. The fourth-order valence-corrected chi connectivity index (χ4v) is 2.47. The first-order chi connectivity index (χ1) is 11.1. The van der Waals surface area contributed by atoms with Crippen LogP contribution in [-0.4, -0.2) is 15.6 Å². The van der Waals surface area contributed by atoms with Gasteiger partial charge in [0.1, 0.15) is 0 Å². The lowest BCUT2D eigenvalue weighted by molar-refractivity contribution is 0.0948. The van der Waals surface area contributed by atoms with E-state index in [1.807, 2.05) is 37.3 Å². The molecule has 0 saturated heterocycles. The molecule has 1 amide bonds. The second-order valence-electron chi connectivity index (χ2n) is 5.29. The van der Waals surface area contributed by atoms with Crippen molar-refractivity contribution in [3.63, 3.8) is 0 Å². The van der Waals surface area contributed by atoms with Crippen molar-refractivity contribution in [2.24, 2.45) is 7.05 Å². The van der Waals surface area contributed by atoms with E-state index in [2.05, 4.69) is 10.5 Å². The maximum atomic E-state index is 12.5. The van der Waals surface area contributed by atoms with Crippen molar-refractivity contribution >= 4 is 16.8 Å². The molecular weight excluding hydrogens is 294 g/mol. The molecule has 118 valence electrons. The number of para-hydroxylation sites is 1. The van der Waals surface area contributed by atoms with E-state index in [1.165, 1.54) is 10.6 Å². The third kappa shape index (κ3) is 2.88. The molecule has 0 unspecified atom stereocenters. The van der Waals surface area contributed by atoms with E-state index in [-0.39, 0.29) is 18.0 Å². The molecule has 0 aliphatic carbocycles. The summed E-state index contributed by atoms with van der Waals surface area (Å²) < 4.78 is 6.67. The Morgan fingerprint density at radius 1 is 1.30 bits per heavy atom. The monoisotopic (exact) mass is 311 g/mol. The average Bonchev–Trinajstić information content (AvgIpc) is 3.04. The Morgan fingerprint density at radius 2 is 2.09 bits per heavy atom.